The number of nitrogens with one attached hydrogen (secondary N) is 1. The van der Waals surface area contributed by atoms with Crippen LogP contribution in [0.2, 0.25) is 0 Å². The molecule has 0 saturated carbocycles. The lowest BCUT2D eigenvalue weighted by atomic mass is 10.2. The molecule has 2 aromatic heterocycles. The van der Waals surface area contributed by atoms with E-state index in [1.54, 1.807) is 16.9 Å². The summed E-state index contributed by atoms with van der Waals surface area (Å²) in [5.74, 6) is -0.233. The highest BCUT2D eigenvalue weighted by Crippen LogP contribution is 2.11. The van der Waals surface area contributed by atoms with Crippen LogP contribution in [-0.2, 0) is 13.6 Å². The number of hydrogen-bond acceptors (Lipinski definition) is 4. The first-order chi connectivity index (χ1) is 8.56. The van der Waals surface area contributed by atoms with E-state index in [0.29, 0.717) is 17.8 Å². The third kappa shape index (κ3) is 2.65. The maximum Gasteiger partial charge on any atom is 0.255 e. The number of carbonyl (C=O) groups is 1. The van der Waals surface area contributed by atoms with Gasteiger partial charge in [0, 0.05) is 42.9 Å². The summed E-state index contributed by atoms with van der Waals surface area (Å²) in [6.07, 6.45) is 5.04. The van der Waals surface area contributed by atoms with Crippen molar-refractivity contribution in [2.45, 2.75) is 13.5 Å². The molecule has 0 fully saturated rings. The van der Waals surface area contributed by atoms with Gasteiger partial charge in [-0.15, -0.1) is 0 Å². The molecule has 2 aromatic rings. The van der Waals surface area contributed by atoms with Crippen molar-refractivity contribution < 1.29 is 4.79 Å². The summed E-state index contributed by atoms with van der Waals surface area (Å²) in [6, 6.07) is 1.68. The van der Waals surface area contributed by atoms with E-state index in [1.165, 1.54) is 6.20 Å². The number of aryl methyl sites for hydroxylation is 2. The van der Waals surface area contributed by atoms with Gasteiger partial charge in [0.1, 0.15) is 0 Å². The summed E-state index contributed by atoms with van der Waals surface area (Å²) in [6.45, 7) is 2.24. The normalized spacial score (nSPS) is 10.3. The molecular weight excluding hydrogens is 230 g/mol. The van der Waals surface area contributed by atoms with E-state index in [9.17, 15) is 4.79 Å². The van der Waals surface area contributed by atoms with Gasteiger partial charge in [-0.25, -0.2) is 0 Å². The lowest BCUT2D eigenvalue weighted by molar-refractivity contribution is 0.0951. The molecule has 0 unspecified atom stereocenters. The Bertz CT molecular complexity index is 576. The van der Waals surface area contributed by atoms with Crippen LogP contribution >= 0.6 is 0 Å². The second-order valence-corrected chi connectivity index (χ2v) is 4.12. The molecule has 0 aliphatic carbocycles. The van der Waals surface area contributed by atoms with Gasteiger partial charge in [0.25, 0.3) is 5.91 Å². The molecule has 94 valence electrons. The molecule has 0 saturated heterocycles. The van der Waals surface area contributed by atoms with Crippen molar-refractivity contribution in [3.63, 3.8) is 0 Å². The van der Waals surface area contributed by atoms with Crippen molar-refractivity contribution in [2.75, 3.05) is 5.73 Å². The summed E-state index contributed by atoms with van der Waals surface area (Å²) in [5.41, 5.74) is 8.33. The Morgan fingerprint density at radius 2 is 2.28 bits per heavy atom. The first kappa shape index (κ1) is 12.1. The monoisotopic (exact) mass is 245 g/mol. The molecule has 2 heterocycles. The van der Waals surface area contributed by atoms with E-state index in [-0.39, 0.29) is 5.91 Å². The second kappa shape index (κ2) is 4.87. The van der Waals surface area contributed by atoms with Crippen LogP contribution in [-0.4, -0.2) is 20.7 Å². The fourth-order valence-corrected chi connectivity index (χ4v) is 1.61. The number of pyridine rings is 1. The highest BCUT2D eigenvalue weighted by molar-refractivity contribution is 5.98. The number of hydrogen-bond donors (Lipinski definition) is 2. The summed E-state index contributed by atoms with van der Waals surface area (Å²) < 4.78 is 1.68. The number of anilines is 1. The number of amides is 1. The number of aromatic nitrogens is 3. The standard InChI is InChI=1S/C12H15N5O/c1-8-3-11(13)10(6-14-8)12(18)15-4-9-5-16-17(2)7-9/h3,5-7H,4H2,1-2H3,(H2,13,14)(H,15,18). The molecule has 1 amide bonds. The summed E-state index contributed by atoms with van der Waals surface area (Å²) in [7, 11) is 1.83. The van der Waals surface area contributed by atoms with Crippen molar-refractivity contribution in [3.8, 4) is 0 Å². The maximum atomic E-state index is 11.9. The summed E-state index contributed by atoms with van der Waals surface area (Å²) in [4.78, 5) is 16.0. The molecule has 0 aromatic carbocycles. The van der Waals surface area contributed by atoms with Gasteiger partial charge >= 0.3 is 0 Å². The second-order valence-electron chi connectivity index (χ2n) is 4.12. The van der Waals surface area contributed by atoms with Gasteiger partial charge in [0.15, 0.2) is 0 Å². The number of nitrogens with two attached hydrogens (primary N) is 1. The molecule has 0 atom stereocenters. The molecule has 0 aliphatic heterocycles. The van der Waals surface area contributed by atoms with Crippen LogP contribution < -0.4 is 11.1 Å². The lowest BCUT2D eigenvalue weighted by Gasteiger charge is -2.06. The van der Waals surface area contributed by atoms with Gasteiger partial charge in [-0.1, -0.05) is 0 Å². The van der Waals surface area contributed by atoms with Crippen LogP contribution in [0.4, 0.5) is 5.69 Å². The molecule has 0 aliphatic rings. The average molecular weight is 245 g/mol. The van der Waals surface area contributed by atoms with Crippen molar-refractivity contribution >= 4 is 11.6 Å². The highest BCUT2D eigenvalue weighted by Gasteiger charge is 2.10. The van der Waals surface area contributed by atoms with Gasteiger partial charge in [-0.3, -0.25) is 14.5 Å². The number of rotatable bonds is 3. The third-order valence-electron chi connectivity index (χ3n) is 2.53. The molecule has 18 heavy (non-hydrogen) atoms. The molecule has 2 rings (SSSR count). The maximum absolute atomic E-state index is 11.9. The minimum atomic E-state index is -0.233. The Kier molecular flexibility index (Phi) is 3.27. The average Bonchev–Trinajstić information content (AvgIpc) is 2.72. The first-order valence-corrected chi connectivity index (χ1v) is 5.54. The minimum absolute atomic E-state index is 0.233. The van der Waals surface area contributed by atoms with Gasteiger partial charge in [0.2, 0.25) is 0 Å². The SMILES string of the molecule is Cc1cc(N)c(C(=O)NCc2cnn(C)c2)cn1. The van der Waals surface area contributed by atoms with Gasteiger partial charge in [0.05, 0.1) is 11.8 Å². The van der Waals surface area contributed by atoms with Gasteiger partial charge in [-0.05, 0) is 13.0 Å². The van der Waals surface area contributed by atoms with E-state index >= 15 is 0 Å². The number of nitrogen functional groups attached to an aromatic ring is 1. The Morgan fingerprint density at radius 1 is 1.50 bits per heavy atom. The zero-order chi connectivity index (χ0) is 13.1. The quantitative estimate of drug-likeness (QED) is 0.830. The molecule has 6 heteroatoms. The molecule has 0 bridgehead atoms. The smallest absolute Gasteiger partial charge is 0.255 e. The van der Waals surface area contributed by atoms with Crippen molar-refractivity contribution in [1.29, 1.82) is 0 Å². The molecule has 3 N–H and O–H groups in total. The molecule has 0 radical (unpaired) electrons. The predicted molar refractivity (Wildman–Crippen MR) is 67.8 cm³/mol. The van der Waals surface area contributed by atoms with E-state index in [1.807, 2.05) is 20.2 Å². The Balaban J connectivity index is 2.03. The first-order valence-electron chi connectivity index (χ1n) is 5.54. The molecule has 0 spiro atoms. The summed E-state index contributed by atoms with van der Waals surface area (Å²) >= 11 is 0. The van der Waals surface area contributed by atoms with Crippen LogP contribution in [0.3, 0.4) is 0 Å². The van der Waals surface area contributed by atoms with Gasteiger partial charge in [-0.2, -0.15) is 5.10 Å². The van der Waals surface area contributed by atoms with Crippen LogP contribution in [0, 0.1) is 6.92 Å². The molecular formula is C12H15N5O. The lowest BCUT2D eigenvalue weighted by Crippen LogP contribution is -2.23. The van der Waals surface area contributed by atoms with E-state index in [0.717, 1.165) is 11.3 Å². The summed E-state index contributed by atoms with van der Waals surface area (Å²) in [5, 5.41) is 6.80. The van der Waals surface area contributed by atoms with Crippen molar-refractivity contribution in [1.82, 2.24) is 20.1 Å². The van der Waals surface area contributed by atoms with E-state index in [2.05, 4.69) is 15.4 Å². The van der Waals surface area contributed by atoms with Crippen molar-refractivity contribution in [2.24, 2.45) is 7.05 Å². The van der Waals surface area contributed by atoms with Crippen LogP contribution in [0.15, 0.2) is 24.7 Å². The zero-order valence-electron chi connectivity index (χ0n) is 10.3. The Labute approximate surface area is 105 Å². The largest absolute Gasteiger partial charge is 0.398 e. The minimum Gasteiger partial charge on any atom is -0.398 e. The number of carbonyl (C=O) groups excluding carboxylic acids is 1. The van der Waals surface area contributed by atoms with Crippen LogP contribution in [0.25, 0.3) is 0 Å². The van der Waals surface area contributed by atoms with Crippen LogP contribution in [0.1, 0.15) is 21.6 Å². The zero-order valence-corrected chi connectivity index (χ0v) is 10.3. The molecule has 6 nitrogen and oxygen atoms in total. The fraction of sp³-hybridized carbons (Fsp3) is 0.250. The third-order valence-corrected chi connectivity index (χ3v) is 2.53. The van der Waals surface area contributed by atoms with E-state index < -0.39 is 0 Å². The number of nitrogens with zero attached hydrogens (tertiary/aromatic N) is 3. The Morgan fingerprint density at radius 3 is 2.89 bits per heavy atom. The highest BCUT2D eigenvalue weighted by atomic mass is 16.1. The van der Waals surface area contributed by atoms with E-state index in [4.69, 9.17) is 5.73 Å². The predicted octanol–water partition coefficient (Wildman–Crippen LogP) is 0.636. The topological polar surface area (TPSA) is 85.8 Å². The van der Waals surface area contributed by atoms with Crippen LogP contribution in [0.5, 0.6) is 0 Å². The fourth-order valence-electron chi connectivity index (χ4n) is 1.61. The van der Waals surface area contributed by atoms with Gasteiger partial charge < -0.3 is 11.1 Å². The Hall–Kier alpha value is -2.37. The van der Waals surface area contributed by atoms with Crippen molar-refractivity contribution in [3.05, 3.63) is 41.5 Å².